The van der Waals surface area contributed by atoms with E-state index in [9.17, 15) is 9.59 Å². The Hall–Kier alpha value is -1.14. The molecule has 0 bridgehead atoms. The van der Waals surface area contributed by atoms with Crippen molar-refractivity contribution in [2.75, 3.05) is 33.0 Å². The molecule has 0 heterocycles. The van der Waals surface area contributed by atoms with Gasteiger partial charge in [0.2, 0.25) is 5.91 Å². The van der Waals surface area contributed by atoms with Crippen LogP contribution in [0.25, 0.3) is 0 Å². The first kappa shape index (κ1) is 15.9. The number of aliphatic carboxylic acids is 1. The molecule has 0 atom stereocenters. The van der Waals surface area contributed by atoms with Crippen LogP contribution in [-0.2, 0) is 19.1 Å². The molecule has 1 amide bonds. The van der Waals surface area contributed by atoms with E-state index in [1.165, 1.54) is 0 Å². The van der Waals surface area contributed by atoms with E-state index in [0.717, 1.165) is 0 Å². The Morgan fingerprint density at radius 1 is 1.06 bits per heavy atom. The Morgan fingerprint density at radius 2 is 1.71 bits per heavy atom. The van der Waals surface area contributed by atoms with Crippen LogP contribution in [0.3, 0.4) is 0 Å². The maximum absolute atomic E-state index is 11.1. The smallest absolute Gasteiger partial charge is 0.303 e. The highest BCUT2D eigenvalue weighted by atomic mass is 16.5. The molecular weight excluding hydrogens is 226 g/mol. The minimum atomic E-state index is -0.978. The summed E-state index contributed by atoms with van der Waals surface area (Å²) in [6.07, 6.45) is 0.328. The summed E-state index contributed by atoms with van der Waals surface area (Å²) in [6.45, 7) is 7.40. The van der Waals surface area contributed by atoms with Crippen LogP contribution < -0.4 is 5.32 Å². The third-order valence-corrected chi connectivity index (χ3v) is 1.77. The lowest BCUT2D eigenvalue weighted by Gasteiger charge is -2.06. The fourth-order valence-corrected chi connectivity index (χ4v) is 0.977. The summed E-state index contributed by atoms with van der Waals surface area (Å²) in [6, 6.07) is 0. The van der Waals surface area contributed by atoms with E-state index in [1.54, 1.807) is 0 Å². The third kappa shape index (κ3) is 12.8. The normalized spacial score (nSPS) is 10.2. The molecule has 6 nitrogen and oxygen atoms in total. The van der Waals surface area contributed by atoms with Crippen LogP contribution >= 0.6 is 0 Å². The molecule has 17 heavy (non-hydrogen) atoms. The van der Waals surface area contributed by atoms with Gasteiger partial charge in [-0.2, -0.15) is 0 Å². The Morgan fingerprint density at radius 3 is 2.29 bits per heavy atom. The van der Waals surface area contributed by atoms with Crippen molar-refractivity contribution in [1.29, 1.82) is 0 Å². The summed E-state index contributed by atoms with van der Waals surface area (Å²) in [5.41, 5.74) is 0. The number of carboxylic acid groups (broad SMARTS) is 1. The van der Waals surface area contributed by atoms with Crippen molar-refractivity contribution in [3.63, 3.8) is 0 Å². The number of carbonyl (C=O) groups excluding carboxylic acids is 1. The number of rotatable bonds is 11. The minimum Gasteiger partial charge on any atom is -0.481 e. The van der Waals surface area contributed by atoms with E-state index in [0.29, 0.717) is 39.4 Å². The standard InChI is InChI=1S/C11H19NO5/c1-2-6-16-8-9-17-7-5-12-10(13)3-4-11(14)15/h1H,2-9H2,(H,12,13)(H,14,15). The SMILES string of the molecule is [CH]CCOCCOCCNC(=O)CCC(=O)O. The number of ether oxygens (including phenoxy) is 2. The van der Waals surface area contributed by atoms with Crippen molar-refractivity contribution >= 4 is 11.9 Å². The van der Waals surface area contributed by atoms with Gasteiger partial charge in [-0.1, -0.05) is 0 Å². The van der Waals surface area contributed by atoms with Crippen LogP contribution in [0.5, 0.6) is 0 Å². The molecule has 0 aromatic heterocycles. The van der Waals surface area contributed by atoms with E-state index in [1.807, 2.05) is 0 Å². The number of carboxylic acids is 1. The maximum atomic E-state index is 11.1. The minimum absolute atomic E-state index is 0.00502. The molecular formula is C11H19NO5. The van der Waals surface area contributed by atoms with Gasteiger partial charge in [0, 0.05) is 19.6 Å². The van der Waals surface area contributed by atoms with Gasteiger partial charge in [-0.3, -0.25) is 9.59 Å². The number of hydrogen-bond acceptors (Lipinski definition) is 4. The second kappa shape index (κ2) is 11.3. The van der Waals surface area contributed by atoms with Crippen LogP contribution in [0.2, 0.25) is 0 Å². The molecule has 0 rings (SSSR count). The van der Waals surface area contributed by atoms with E-state index in [-0.39, 0.29) is 18.7 Å². The Balaban J connectivity index is 3.16. The van der Waals surface area contributed by atoms with E-state index >= 15 is 0 Å². The molecule has 0 saturated carbocycles. The van der Waals surface area contributed by atoms with Gasteiger partial charge in [0.1, 0.15) is 0 Å². The van der Waals surface area contributed by atoms with Crippen LogP contribution in [0.15, 0.2) is 0 Å². The first-order valence-electron chi connectivity index (χ1n) is 5.51. The van der Waals surface area contributed by atoms with Crippen molar-refractivity contribution in [3.8, 4) is 0 Å². The maximum Gasteiger partial charge on any atom is 0.303 e. The van der Waals surface area contributed by atoms with Gasteiger partial charge in [-0.15, -0.1) is 0 Å². The number of hydrogen-bond donors (Lipinski definition) is 2. The first-order valence-corrected chi connectivity index (χ1v) is 5.51. The molecule has 0 spiro atoms. The summed E-state index contributed by atoms with van der Waals surface area (Å²) in [5.74, 6) is -1.26. The van der Waals surface area contributed by atoms with Gasteiger partial charge < -0.3 is 19.9 Å². The molecule has 2 N–H and O–H groups in total. The quantitative estimate of drug-likeness (QED) is 0.504. The van der Waals surface area contributed by atoms with Gasteiger partial charge in [0.25, 0.3) is 0 Å². The van der Waals surface area contributed by atoms with Crippen molar-refractivity contribution in [2.45, 2.75) is 19.3 Å². The Kier molecular flexibility index (Phi) is 10.6. The topological polar surface area (TPSA) is 84.9 Å². The van der Waals surface area contributed by atoms with Crippen molar-refractivity contribution in [2.24, 2.45) is 0 Å². The number of carbonyl (C=O) groups is 2. The van der Waals surface area contributed by atoms with Gasteiger partial charge in [0.15, 0.2) is 0 Å². The summed E-state index contributed by atoms with van der Waals surface area (Å²) in [5, 5.41) is 10.9. The summed E-state index contributed by atoms with van der Waals surface area (Å²) in [4.78, 5) is 21.2. The van der Waals surface area contributed by atoms with E-state index in [4.69, 9.17) is 21.5 Å². The highest BCUT2D eigenvalue weighted by Crippen LogP contribution is 1.88. The average Bonchev–Trinajstić information content (AvgIpc) is 2.30. The second-order valence-corrected chi connectivity index (χ2v) is 3.26. The van der Waals surface area contributed by atoms with Crippen LogP contribution in [-0.4, -0.2) is 50.0 Å². The van der Waals surface area contributed by atoms with Crippen molar-refractivity contribution < 1.29 is 24.2 Å². The molecule has 0 aliphatic heterocycles. The van der Waals surface area contributed by atoms with Crippen molar-refractivity contribution in [1.82, 2.24) is 5.32 Å². The molecule has 0 aliphatic carbocycles. The predicted octanol–water partition coefficient (Wildman–Crippen LogP) is 0.102. The van der Waals surface area contributed by atoms with Gasteiger partial charge in [-0.05, 0) is 13.3 Å². The molecule has 0 aromatic carbocycles. The summed E-state index contributed by atoms with van der Waals surface area (Å²) >= 11 is 0. The fourth-order valence-electron chi connectivity index (χ4n) is 0.977. The molecule has 0 fully saturated rings. The van der Waals surface area contributed by atoms with Crippen LogP contribution in [0.4, 0.5) is 0 Å². The van der Waals surface area contributed by atoms with Gasteiger partial charge >= 0.3 is 5.97 Å². The largest absolute Gasteiger partial charge is 0.481 e. The molecule has 0 saturated heterocycles. The van der Waals surface area contributed by atoms with Gasteiger partial charge in [-0.25, -0.2) is 0 Å². The molecule has 2 radical (unpaired) electrons. The number of nitrogens with one attached hydrogen (secondary N) is 1. The van der Waals surface area contributed by atoms with E-state index < -0.39 is 5.97 Å². The lowest BCUT2D eigenvalue weighted by molar-refractivity contribution is -0.138. The Labute approximate surface area is 101 Å². The molecule has 0 unspecified atom stereocenters. The lowest BCUT2D eigenvalue weighted by Crippen LogP contribution is -2.27. The zero-order valence-corrected chi connectivity index (χ0v) is 9.81. The fraction of sp³-hybridized carbons (Fsp3) is 0.727. The molecule has 0 aliphatic rings. The van der Waals surface area contributed by atoms with Crippen molar-refractivity contribution in [3.05, 3.63) is 6.92 Å². The predicted molar refractivity (Wildman–Crippen MR) is 60.4 cm³/mol. The van der Waals surface area contributed by atoms with Gasteiger partial charge in [0.05, 0.1) is 26.2 Å². The third-order valence-electron chi connectivity index (χ3n) is 1.77. The zero-order chi connectivity index (χ0) is 12.9. The number of amides is 1. The summed E-state index contributed by atoms with van der Waals surface area (Å²) < 4.78 is 10.2. The zero-order valence-electron chi connectivity index (χ0n) is 9.81. The Bertz CT molecular complexity index is 220. The van der Waals surface area contributed by atoms with Crippen LogP contribution in [0.1, 0.15) is 19.3 Å². The molecule has 6 heteroatoms. The lowest BCUT2D eigenvalue weighted by atomic mass is 10.3. The molecule has 0 aromatic rings. The highest BCUT2D eigenvalue weighted by molar-refractivity contribution is 5.80. The summed E-state index contributed by atoms with van der Waals surface area (Å²) in [7, 11) is 0. The highest BCUT2D eigenvalue weighted by Gasteiger charge is 2.03. The van der Waals surface area contributed by atoms with E-state index in [2.05, 4.69) is 5.32 Å². The second-order valence-electron chi connectivity index (χ2n) is 3.26. The average molecular weight is 245 g/mol. The van der Waals surface area contributed by atoms with Crippen LogP contribution in [0, 0.1) is 6.92 Å². The monoisotopic (exact) mass is 245 g/mol. The molecule has 98 valence electrons. The first-order chi connectivity index (χ1) is 8.16.